The van der Waals surface area contributed by atoms with Crippen LogP contribution in [0.3, 0.4) is 0 Å². The molecule has 0 bridgehead atoms. The fourth-order valence-corrected chi connectivity index (χ4v) is 9.28. The molecule has 4 rings (SSSR count). The first-order chi connectivity index (χ1) is 16.0. The molecule has 0 N–H and O–H groups in total. The van der Waals surface area contributed by atoms with Crippen molar-refractivity contribution in [1.82, 2.24) is 0 Å². The second-order valence-corrected chi connectivity index (χ2v) is 19.9. The van der Waals surface area contributed by atoms with Gasteiger partial charge in [0.05, 0.1) is 22.9 Å². The molecule has 3 aliphatic rings. The first-order valence-corrected chi connectivity index (χ1v) is 17.0. The minimum atomic E-state index is -3.78. The van der Waals surface area contributed by atoms with Crippen molar-refractivity contribution >= 4 is 23.9 Å². The van der Waals surface area contributed by atoms with Crippen LogP contribution in [0.1, 0.15) is 48.0 Å². The van der Waals surface area contributed by atoms with E-state index < -0.39 is 45.8 Å². The first kappa shape index (κ1) is 26.5. The molecular formula is C28H40O5SSi. The van der Waals surface area contributed by atoms with E-state index >= 15 is 0 Å². The van der Waals surface area contributed by atoms with Gasteiger partial charge in [0.15, 0.2) is 29.5 Å². The second-order valence-electron chi connectivity index (χ2n) is 13.0. The smallest absolute Gasteiger partial charge is 0.192 e. The molecule has 35 heavy (non-hydrogen) atoms. The normalized spacial score (nSPS) is 34.9. The molecule has 0 aromatic heterocycles. The highest BCUT2D eigenvalue weighted by atomic mass is 32.2. The average Bonchev–Trinajstić information content (AvgIpc) is 3.54. The molecule has 7 heteroatoms. The third-order valence-electron chi connectivity index (χ3n) is 8.84. The van der Waals surface area contributed by atoms with E-state index in [4.69, 9.17) is 9.16 Å². The van der Waals surface area contributed by atoms with Crippen LogP contribution < -0.4 is 0 Å². The van der Waals surface area contributed by atoms with Crippen LogP contribution in [0.15, 0.2) is 59.5 Å². The van der Waals surface area contributed by atoms with Crippen LogP contribution in [0.2, 0.25) is 18.1 Å². The van der Waals surface area contributed by atoms with Crippen molar-refractivity contribution in [3.8, 4) is 0 Å². The van der Waals surface area contributed by atoms with Crippen LogP contribution >= 0.6 is 0 Å². The first-order valence-electron chi connectivity index (χ1n) is 12.5. The number of fused-ring (bicyclic) bond motifs is 2. The molecule has 0 unspecified atom stereocenters. The Morgan fingerprint density at radius 3 is 2.20 bits per heavy atom. The molecule has 0 saturated carbocycles. The molecule has 1 heterocycles. The van der Waals surface area contributed by atoms with E-state index in [0.717, 1.165) is 0 Å². The number of sulfone groups is 1. The molecule has 5 nitrogen and oxygen atoms in total. The van der Waals surface area contributed by atoms with Gasteiger partial charge in [0.25, 0.3) is 0 Å². The maximum Gasteiger partial charge on any atom is 0.192 e. The van der Waals surface area contributed by atoms with Gasteiger partial charge in [-0.2, -0.15) is 0 Å². The maximum absolute atomic E-state index is 14.3. The van der Waals surface area contributed by atoms with Crippen molar-refractivity contribution in [2.75, 3.05) is 6.61 Å². The number of allylic oxidation sites excluding steroid dienone is 2. The van der Waals surface area contributed by atoms with E-state index in [0.29, 0.717) is 6.42 Å². The van der Waals surface area contributed by atoms with E-state index in [1.54, 1.807) is 30.3 Å². The summed E-state index contributed by atoms with van der Waals surface area (Å²) in [5.41, 5.74) is -2.23. The summed E-state index contributed by atoms with van der Waals surface area (Å²) in [7, 11) is -5.92. The summed E-state index contributed by atoms with van der Waals surface area (Å²) in [6.45, 7) is 17.5. The number of benzene rings is 1. The Bertz CT molecular complexity index is 1160. The predicted octanol–water partition coefficient (Wildman–Crippen LogP) is 5.74. The third-order valence-corrected chi connectivity index (χ3v) is 15.5. The van der Waals surface area contributed by atoms with Crippen LogP contribution in [0.5, 0.6) is 0 Å². The zero-order valence-corrected chi connectivity index (χ0v) is 24.1. The Labute approximate surface area is 212 Å². The summed E-state index contributed by atoms with van der Waals surface area (Å²) in [5.74, 6) is -0.656. The fraction of sp³-hybridized carbons (Fsp3) is 0.607. The topological polar surface area (TPSA) is 73.0 Å². The van der Waals surface area contributed by atoms with Crippen molar-refractivity contribution in [2.45, 2.75) is 87.9 Å². The van der Waals surface area contributed by atoms with E-state index in [1.807, 2.05) is 19.1 Å². The molecule has 1 aromatic rings. The van der Waals surface area contributed by atoms with E-state index in [1.165, 1.54) is 0 Å². The summed E-state index contributed by atoms with van der Waals surface area (Å²) in [6.07, 6.45) is 7.76. The van der Waals surface area contributed by atoms with Gasteiger partial charge in [-0.3, -0.25) is 4.79 Å². The zero-order chi connectivity index (χ0) is 26.1. The lowest BCUT2D eigenvalue weighted by Crippen LogP contribution is -2.56. The second kappa shape index (κ2) is 8.23. The van der Waals surface area contributed by atoms with E-state index in [-0.39, 0.29) is 28.4 Å². The summed E-state index contributed by atoms with van der Waals surface area (Å²) in [4.78, 5) is 13.3. The Morgan fingerprint density at radius 2 is 1.66 bits per heavy atom. The zero-order valence-electron chi connectivity index (χ0n) is 22.3. The van der Waals surface area contributed by atoms with Crippen LogP contribution in [0.25, 0.3) is 0 Å². The van der Waals surface area contributed by atoms with Crippen LogP contribution in [-0.4, -0.2) is 46.1 Å². The Kier molecular flexibility index (Phi) is 6.24. The Morgan fingerprint density at radius 1 is 1.06 bits per heavy atom. The molecular weight excluding hydrogens is 476 g/mol. The number of hydrogen-bond donors (Lipinski definition) is 0. The molecule has 1 aliphatic heterocycles. The van der Waals surface area contributed by atoms with Crippen molar-refractivity contribution in [2.24, 2.45) is 16.7 Å². The lowest BCUT2D eigenvalue weighted by atomic mass is 9.60. The van der Waals surface area contributed by atoms with Gasteiger partial charge >= 0.3 is 0 Å². The lowest BCUT2D eigenvalue weighted by Gasteiger charge is -2.50. The predicted molar refractivity (Wildman–Crippen MR) is 141 cm³/mol. The SMILES string of the molecule is CC1(C)C[C@@H](S(=O)(=O)c2ccccc2)[C@@H]2[C@@](C)(C=CC(=O)[C@]23CO3)C=C[C@@H]1O[Si](C)(C)C(C)(C)C. The Hall–Kier alpha value is -1.54. The van der Waals surface area contributed by atoms with Gasteiger partial charge in [0, 0.05) is 11.3 Å². The van der Waals surface area contributed by atoms with E-state index in [2.05, 4.69) is 59.9 Å². The molecule has 5 atom stereocenters. The summed E-state index contributed by atoms with van der Waals surface area (Å²) < 4.78 is 41.3. The number of carbonyl (C=O) groups excluding carboxylic acids is 1. The number of ether oxygens (including phenoxy) is 1. The number of ketones is 1. The highest BCUT2D eigenvalue weighted by Gasteiger charge is 2.67. The van der Waals surface area contributed by atoms with Crippen molar-refractivity contribution in [1.29, 1.82) is 0 Å². The fourth-order valence-electron chi connectivity index (χ4n) is 5.49. The molecule has 1 fully saturated rings. The lowest BCUT2D eigenvalue weighted by molar-refractivity contribution is -0.123. The van der Waals surface area contributed by atoms with Gasteiger partial charge in [-0.05, 0) is 48.2 Å². The quantitative estimate of drug-likeness (QED) is 0.290. The minimum absolute atomic E-state index is 0.0182. The van der Waals surface area contributed by atoms with Crippen molar-refractivity contribution in [3.63, 3.8) is 0 Å². The number of carbonyl (C=O) groups is 1. The molecule has 2 aliphatic carbocycles. The maximum atomic E-state index is 14.3. The van der Waals surface area contributed by atoms with Gasteiger partial charge in [0.1, 0.15) is 0 Å². The van der Waals surface area contributed by atoms with Crippen LogP contribution in [-0.2, 0) is 23.8 Å². The van der Waals surface area contributed by atoms with Crippen molar-refractivity contribution in [3.05, 3.63) is 54.6 Å². The summed E-state index contributed by atoms with van der Waals surface area (Å²) in [6, 6.07) is 8.62. The summed E-state index contributed by atoms with van der Waals surface area (Å²) in [5, 5.41) is -0.790. The van der Waals surface area contributed by atoms with Gasteiger partial charge in [0.2, 0.25) is 0 Å². The molecule has 0 radical (unpaired) electrons. The third kappa shape index (κ3) is 4.43. The number of epoxide rings is 1. The van der Waals surface area contributed by atoms with Gasteiger partial charge in [-0.1, -0.05) is 78.0 Å². The Balaban J connectivity index is 1.89. The molecule has 1 aromatic carbocycles. The van der Waals surface area contributed by atoms with Crippen molar-refractivity contribution < 1.29 is 22.4 Å². The highest BCUT2D eigenvalue weighted by Crippen LogP contribution is 2.57. The van der Waals surface area contributed by atoms with Gasteiger partial charge in [-0.15, -0.1) is 0 Å². The van der Waals surface area contributed by atoms with Gasteiger partial charge in [-0.25, -0.2) is 8.42 Å². The largest absolute Gasteiger partial charge is 0.410 e. The standard InChI is InChI=1S/C28H40O5SSi/c1-25(2,3)35(7,8)33-23-15-17-27(6)16-14-22(29)28(19-32-28)24(27)21(18-26(23,4)5)34(30,31)20-12-10-9-11-13-20/h9-17,21,23-24H,18-19H2,1-8H3/t21-,23+,24-,27+,28-/m1/s1. The highest BCUT2D eigenvalue weighted by molar-refractivity contribution is 7.92. The van der Waals surface area contributed by atoms with Crippen LogP contribution in [0, 0.1) is 16.7 Å². The molecule has 192 valence electrons. The van der Waals surface area contributed by atoms with Crippen LogP contribution in [0.4, 0.5) is 0 Å². The number of hydrogen-bond acceptors (Lipinski definition) is 5. The monoisotopic (exact) mass is 516 g/mol. The molecule has 1 spiro atoms. The van der Waals surface area contributed by atoms with E-state index in [9.17, 15) is 13.2 Å². The average molecular weight is 517 g/mol. The molecule has 1 saturated heterocycles. The molecule has 0 amide bonds. The van der Waals surface area contributed by atoms with Gasteiger partial charge < -0.3 is 9.16 Å². The minimum Gasteiger partial charge on any atom is -0.410 e. The number of rotatable bonds is 4. The summed E-state index contributed by atoms with van der Waals surface area (Å²) >= 11 is 0.